The topological polar surface area (TPSA) is 48.1 Å². The smallest absolute Gasteiger partial charge is 0.0964 e. The summed E-state index contributed by atoms with van der Waals surface area (Å²) in [5.74, 6) is 0.995. The van der Waals surface area contributed by atoms with Crippen LogP contribution in [0.5, 0.6) is 0 Å². The number of hydrogen-bond donors (Lipinski definition) is 1. The highest BCUT2D eigenvalue weighted by atomic mass is 32.2. The van der Waals surface area contributed by atoms with Crippen molar-refractivity contribution in [1.82, 2.24) is 4.98 Å². The van der Waals surface area contributed by atoms with Crippen molar-refractivity contribution in [2.75, 3.05) is 12.4 Å². The van der Waals surface area contributed by atoms with Crippen LogP contribution in [0.2, 0.25) is 0 Å². The van der Waals surface area contributed by atoms with Gasteiger partial charge in [0.25, 0.3) is 0 Å². The molecule has 1 fully saturated rings. The fraction of sp³-hybridized carbons (Fsp3) is 0.583. The molecule has 88 valence electrons. The summed E-state index contributed by atoms with van der Waals surface area (Å²) in [5.41, 5.74) is 6.98. The third-order valence-corrected chi connectivity index (χ3v) is 3.78. The van der Waals surface area contributed by atoms with E-state index in [0.717, 1.165) is 22.9 Å². The van der Waals surface area contributed by atoms with Crippen LogP contribution in [0.25, 0.3) is 0 Å². The van der Waals surface area contributed by atoms with Gasteiger partial charge in [-0.05, 0) is 37.5 Å². The van der Waals surface area contributed by atoms with Crippen molar-refractivity contribution >= 4 is 11.8 Å². The molecule has 4 heteroatoms. The molecule has 1 aliphatic heterocycles. The lowest BCUT2D eigenvalue weighted by Crippen LogP contribution is -2.08. The minimum Gasteiger partial charge on any atom is -0.377 e. The largest absolute Gasteiger partial charge is 0.377 e. The summed E-state index contributed by atoms with van der Waals surface area (Å²) in [4.78, 5) is 4.33. The van der Waals surface area contributed by atoms with Crippen LogP contribution in [0.4, 0.5) is 0 Å². The maximum atomic E-state index is 5.84. The van der Waals surface area contributed by atoms with Crippen LogP contribution in [0.15, 0.2) is 23.4 Å². The van der Waals surface area contributed by atoms with E-state index in [9.17, 15) is 0 Å². The normalized spacial score (nSPS) is 22.2. The van der Waals surface area contributed by atoms with Gasteiger partial charge in [0.05, 0.1) is 11.1 Å². The van der Waals surface area contributed by atoms with Gasteiger partial charge in [-0.25, -0.2) is 4.98 Å². The molecule has 1 aromatic rings. The molecule has 0 bridgehead atoms. The van der Waals surface area contributed by atoms with Crippen LogP contribution in [-0.4, -0.2) is 23.4 Å². The van der Waals surface area contributed by atoms with E-state index in [1.54, 1.807) is 11.8 Å². The van der Waals surface area contributed by atoms with E-state index >= 15 is 0 Å². The second-order valence-electron chi connectivity index (χ2n) is 4.16. The van der Waals surface area contributed by atoms with Gasteiger partial charge in [-0.15, -0.1) is 11.8 Å². The summed E-state index contributed by atoms with van der Waals surface area (Å²) >= 11 is 1.76. The lowest BCUT2D eigenvalue weighted by molar-refractivity contribution is 0.129. The summed E-state index contributed by atoms with van der Waals surface area (Å²) in [5, 5.41) is 1.05. The predicted octanol–water partition coefficient (Wildman–Crippen LogP) is 2.37. The van der Waals surface area contributed by atoms with Crippen molar-refractivity contribution in [3.63, 3.8) is 0 Å². The van der Waals surface area contributed by atoms with Crippen LogP contribution in [0.3, 0.4) is 0 Å². The zero-order valence-corrected chi connectivity index (χ0v) is 10.4. The standard InChI is InChI=1S/C12H18N2OS/c1-9(13)10-4-5-14-12(7-10)16-8-11-3-2-6-15-11/h4-5,7,9,11H,2-3,6,8,13H2,1H3/t9-,11?/m1/s1. The Balaban J connectivity index is 1.90. The molecule has 0 spiro atoms. The number of nitrogens with two attached hydrogens (primary N) is 1. The molecule has 1 saturated heterocycles. The number of ether oxygens (including phenoxy) is 1. The Morgan fingerprint density at radius 1 is 1.69 bits per heavy atom. The maximum Gasteiger partial charge on any atom is 0.0964 e. The van der Waals surface area contributed by atoms with Gasteiger partial charge in [0, 0.05) is 24.6 Å². The SMILES string of the molecule is C[C@@H](N)c1ccnc(SCC2CCCO2)c1. The molecule has 1 aliphatic rings. The van der Waals surface area contributed by atoms with Crippen molar-refractivity contribution in [3.8, 4) is 0 Å². The molecule has 1 unspecified atom stereocenters. The van der Waals surface area contributed by atoms with Crippen LogP contribution in [0.1, 0.15) is 31.4 Å². The fourth-order valence-electron chi connectivity index (χ4n) is 1.74. The lowest BCUT2D eigenvalue weighted by atomic mass is 10.1. The molecule has 2 rings (SSSR count). The molecule has 0 aliphatic carbocycles. The third kappa shape index (κ3) is 3.20. The molecule has 2 atom stereocenters. The average Bonchev–Trinajstić information content (AvgIpc) is 2.79. The van der Waals surface area contributed by atoms with Crippen LogP contribution in [-0.2, 0) is 4.74 Å². The van der Waals surface area contributed by atoms with Gasteiger partial charge >= 0.3 is 0 Å². The number of aromatic nitrogens is 1. The van der Waals surface area contributed by atoms with Gasteiger partial charge in [0.1, 0.15) is 0 Å². The van der Waals surface area contributed by atoms with E-state index in [2.05, 4.69) is 11.1 Å². The molecular formula is C12H18N2OS. The molecule has 2 heterocycles. The van der Waals surface area contributed by atoms with Gasteiger partial charge in [0.2, 0.25) is 0 Å². The Bertz CT molecular complexity index is 338. The van der Waals surface area contributed by atoms with Crippen molar-refractivity contribution in [1.29, 1.82) is 0 Å². The van der Waals surface area contributed by atoms with Gasteiger partial charge in [0.15, 0.2) is 0 Å². The minimum absolute atomic E-state index is 0.0741. The molecule has 0 aromatic carbocycles. The number of pyridine rings is 1. The number of rotatable bonds is 4. The van der Waals surface area contributed by atoms with E-state index in [0.29, 0.717) is 6.10 Å². The molecule has 16 heavy (non-hydrogen) atoms. The Kier molecular flexibility index (Phi) is 4.21. The highest BCUT2D eigenvalue weighted by molar-refractivity contribution is 7.99. The van der Waals surface area contributed by atoms with E-state index in [4.69, 9.17) is 10.5 Å². The number of thioether (sulfide) groups is 1. The third-order valence-electron chi connectivity index (χ3n) is 2.73. The van der Waals surface area contributed by atoms with Crippen molar-refractivity contribution in [2.45, 2.75) is 36.9 Å². The van der Waals surface area contributed by atoms with Crippen molar-refractivity contribution in [3.05, 3.63) is 23.9 Å². The molecule has 1 aromatic heterocycles. The molecule has 2 N–H and O–H groups in total. The first kappa shape index (κ1) is 11.9. The van der Waals surface area contributed by atoms with Gasteiger partial charge in [-0.1, -0.05) is 0 Å². The van der Waals surface area contributed by atoms with Gasteiger partial charge < -0.3 is 10.5 Å². The molecule has 3 nitrogen and oxygen atoms in total. The summed E-state index contributed by atoms with van der Waals surface area (Å²) in [6, 6.07) is 4.12. The van der Waals surface area contributed by atoms with E-state index in [1.165, 1.54) is 12.8 Å². The van der Waals surface area contributed by atoms with Crippen LogP contribution >= 0.6 is 11.8 Å². The summed E-state index contributed by atoms with van der Waals surface area (Å²) in [7, 11) is 0. The molecule has 0 saturated carbocycles. The second-order valence-corrected chi connectivity index (χ2v) is 5.20. The Morgan fingerprint density at radius 2 is 2.56 bits per heavy atom. The molecule has 0 amide bonds. The number of nitrogens with zero attached hydrogens (tertiary/aromatic N) is 1. The van der Waals surface area contributed by atoms with Crippen molar-refractivity contribution < 1.29 is 4.74 Å². The zero-order valence-electron chi connectivity index (χ0n) is 9.56. The summed E-state index contributed by atoms with van der Waals surface area (Å²) in [6.45, 7) is 2.91. The van der Waals surface area contributed by atoms with Gasteiger partial charge in [-0.2, -0.15) is 0 Å². The maximum absolute atomic E-state index is 5.84. The highest BCUT2D eigenvalue weighted by Gasteiger charge is 2.15. The van der Waals surface area contributed by atoms with Gasteiger partial charge in [-0.3, -0.25) is 0 Å². The van der Waals surface area contributed by atoms with Crippen LogP contribution < -0.4 is 5.73 Å². The summed E-state index contributed by atoms with van der Waals surface area (Å²) < 4.78 is 5.58. The molecule has 0 radical (unpaired) electrons. The minimum atomic E-state index is 0.0741. The Hall–Kier alpha value is -0.580. The molecular weight excluding hydrogens is 220 g/mol. The first-order valence-electron chi connectivity index (χ1n) is 5.71. The van der Waals surface area contributed by atoms with Crippen LogP contribution in [0, 0.1) is 0 Å². The van der Waals surface area contributed by atoms with E-state index in [1.807, 2.05) is 19.2 Å². The summed E-state index contributed by atoms with van der Waals surface area (Å²) in [6.07, 6.45) is 4.61. The number of hydrogen-bond acceptors (Lipinski definition) is 4. The highest BCUT2D eigenvalue weighted by Crippen LogP contribution is 2.23. The monoisotopic (exact) mass is 238 g/mol. The Morgan fingerprint density at radius 3 is 3.25 bits per heavy atom. The average molecular weight is 238 g/mol. The second kappa shape index (κ2) is 5.66. The lowest BCUT2D eigenvalue weighted by Gasteiger charge is -2.10. The fourth-order valence-corrected chi connectivity index (χ4v) is 2.72. The first-order chi connectivity index (χ1) is 7.75. The van der Waals surface area contributed by atoms with E-state index < -0.39 is 0 Å². The predicted molar refractivity (Wildman–Crippen MR) is 66.5 cm³/mol. The zero-order chi connectivity index (χ0) is 11.4. The van der Waals surface area contributed by atoms with E-state index in [-0.39, 0.29) is 6.04 Å². The Labute approximate surface area is 101 Å². The quantitative estimate of drug-likeness (QED) is 0.818. The first-order valence-corrected chi connectivity index (χ1v) is 6.70. The van der Waals surface area contributed by atoms with Crippen molar-refractivity contribution in [2.24, 2.45) is 5.73 Å².